The van der Waals surface area contributed by atoms with E-state index in [2.05, 4.69) is 31.2 Å². The van der Waals surface area contributed by atoms with Gasteiger partial charge in [-0.05, 0) is 17.5 Å². The normalized spacial score (nSPS) is 12.0. The highest BCUT2D eigenvalue weighted by atomic mass is 32.1. The molecule has 2 rings (SSSR count). The summed E-state index contributed by atoms with van der Waals surface area (Å²) in [6.45, 7) is 6.44. The van der Waals surface area contributed by atoms with Gasteiger partial charge in [-0.2, -0.15) is 0 Å². The number of nitrogens with one attached hydrogen (secondary N) is 1. The van der Waals surface area contributed by atoms with Crippen LogP contribution in [0.2, 0.25) is 0 Å². The first-order valence-corrected chi connectivity index (χ1v) is 5.75. The van der Waals surface area contributed by atoms with Crippen LogP contribution in [0.25, 0.3) is 10.2 Å². The molecule has 0 radical (unpaired) electrons. The predicted molar refractivity (Wildman–Crippen MR) is 66.1 cm³/mol. The smallest absolute Gasteiger partial charge is 0.0834 e. The molecule has 0 fully saturated rings. The van der Waals surface area contributed by atoms with Crippen molar-refractivity contribution in [3.63, 3.8) is 0 Å². The minimum Gasteiger partial charge on any atom is -0.323 e. The number of thiophene rings is 1. The van der Waals surface area contributed by atoms with Gasteiger partial charge in [-0.15, -0.1) is 11.3 Å². The Bertz CT molecular complexity index is 482. The molecule has 0 aliphatic rings. The molecule has 0 saturated carbocycles. The summed E-state index contributed by atoms with van der Waals surface area (Å²) in [4.78, 5) is 4.63. The molecular weight excluding hydrogens is 206 g/mol. The van der Waals surface area contributed by atoms with Crippen LogP contribution in [0.5, 0.6) is 0 Å². The van der Waals surface area contributed by atoms with Gasteiger partial charge in [-0.1, -0.05) is 20.8 Å². The molecule has 0 aliphatic carbocycles. The zero-order valence-electron chi connectivity index (χ0n) is 9.16. The number of rotatable bonds is 1. The van der Waals surface area contributed by atoms with Crippen LogP contribution in [-0.4, -0.2) is 4.98 Å². The van der Waals surface area contributed by atoms with Crippen LogP contribution in [-0.2, 0) is 5.41 Å². The Labute approximate surface area is 93.3 Å². The Morgan fingerprint density at radius 1 is 1.40 bits per heavy atom. The van der Waals surface area contributed by atoms with Crippen molar-refractivity contribution in [1.82, 2.24) is 4.98 Å². The third kappa shape index (κ3) is 1.82. The molecule has 0 unspecified atom stereocenters. The molecule has 80 valence electrons. The second-order valence-electron chi connectivity index (χ2n) is 4.58. The third-order valence-corrected chi connectivity index (χ3v) is 3.27. The SMILES string of the molecule is CC(C)(C)c1cc(NN)c2sccc2n1. The summed E-state index contributed by atoms with van der Waals surface area (Å²) in [5.74, 6) is 5.52. The van der Waals surface area contributed by atoms with Gasteiger partial charge in [0.1, 0.15) is 0 Å². The summed E-state index contributed by atoms with van der Waals surface area (Å²) in [5.41, 5.74) is 5.81. The average Bonchev–Trinajstić information content (AvgIpc) is 2.62. The Hall–Kier alpha value is -1.13. The monoisotopic (exact) mass is 221 g/mol. The van der Waals surface area contributed by atoms with Gasteiger partial charge in [-0.25, -0.2) is 0 Å². The number of nitrogen functional groups attached to an aromatic ring is 1. The molecule has 0 aliphatic heterocycles. The van der Waals surface area contributed by atoms with Gasteiger partial charge >= 0.3 is 0 Å². The summed E-state index contributed by atoms with van der Waals surface area (Å²) < 4.78 is 1.12. The Morgan fingerprint density at radius 3 is 2.73 bits per heavy atom. The molecular formula is C11H15N3S. The first kappa shape index (κ1) is 10.4. The van der Waals surface area contributed by atoms with Gasteiger partial charge in [-0.3, -0.25) is 10.8 Å². The van der Waals surface area contributed by atoms with Crippen molar-refractivity contribution in [2.45, 2.75) is 26.2 Å². The minimum absolute atomic E-state index is 0.0434. The summed E-state index contributed by atoms with van der Waals surface area (Å²) in [5, 5.41) is 2.03. The average molecular weight is 221 g/mol. The van der Waals surface area contributed by atoms with Gasteiger partial charge in [0.15, 0.2) is 0 Å². The summed E-state index contributed by atoms with van der Waals surface area (Å²) in [6, 6.07) is 4.05. The molecule has 3 N–H and O–H groups in total. The fraction of sp³-hybridized carbons (Fsp3) is 0.364. The molecule has 0 saturated heterocycles. The van der Waals surface area contributed by atoms with E-state index in [4.69, 9.17) is 5.84 Å². The number of hydrogen-bond acceptors (Lipinski definition) is 4. The number of anilines is 1. The molecule has 15 heavy (non-hydrogen) atoms. The summed E-state index contributed by atoms with van der Waals surface area (Å²) in [7, 11) is 0. The van der Waals surface area contributed by atoms with Crippen molar-refractivity contribution in [1.29, 1.82) is 0 Å². The minimum atomic E-state index is 0.0434. The van der Waals surface area contributed by atoms with Crippen LogP contribution in [0, 0.1) is 0 Å². The van der Waals surface area contributed by atoms with E-state index in [0.29, 0.717) is 0 Å². The molecule has 2 heterocycles. The standard InChI is InChI=1S/C11H15N3S/c1-11(2,3)9-6-8(14-12)10-7(13-9)4-5-15-10/h4-6H,12H2,1-3H3,(H,13,14). The predicted octanol–water partition coefficient (Wildman–Crippen LogP) is 2.88. The molecule has 0 atom stereocenters. The van der Waals surface area contributed by atoms with Crippen LogP contribution >= 0.6 is 11.3 Å². The van der Waals surface area contributed by atoms with Crippen molar-refractivity contribution in [2.24, 2.45) is 5.84 Å². The van der Waals surface area contributed by atoms with E-state index in [1.165, 1.54) is 0 Å². The van der Waals surface area contributed by atoms with Gasteiger partial charge in [0.05, 0.1) is 15.9 Å². The van der Waals surface area contributed by atoms with Gasteiger partial charge in [0, 0.05) is 11.1 Å². The van der Waals surface area contributed by atoms with E-state index < -0.39 is 0 Å². The number of pyridine rings is 1. The summed E-state index contributed by atoms with van der Waals surface area (Å²) >= 11 is 1.65. The first-order valence-electron chi connectivity index (χ1n) is 4.88. The lowest BCUT2D eigenvalue weighted by Crippen LogP contribution is -2.15. The van der Waals surface area contributed by atoms with Crippen LogP contribution in [0.1, 0.15) is 26.5 Å². The molecule has 0 bridgehead atoms. The molecule has 3 nitrogen and oxygen atoms in total. The molecule has 2 aromatic rings. The Balaban J connectivity index is 2.69. The highest BCUT2D eigenvalue weighted by Gasteiger charge is 2.17. The van der Waals surface area contributed by atoms with E-state index in [1.54, 1.807) is 11.3 Å². The van der Waals surface area contributed by atoms with E-state index in [9.17, 15) is 0 Å². The Kier molecular flexibility index (Phi) is 2.40. The lowest BCUT2D eigenvalue weighted by molar-refractivity contribution is 0.572. The number of fused-ring (bicyclic) bond motifs is 1. The quantitative estimate of drug-likeness (QED) is 0.575. The fourth-order valence-corrected chi connectivity index (χ4v) is 2.26. The van der Waals surface area contributed by atoms with Crippen LogP contribution in [0.15, 0.2) is 17.5 Å². The zero-order valence-corrected chi connectivity index (χ0v) is 9.98. The number of aromatic nitrogens is 1. The molecule has 0 aromatic carbocycles. The fourth-order valence-electron chi connectivity index (χ4n) is 1.45. The molecule has 4 heteroatoms. The third-order valence-electron chi connectivity index (χ3n) is 2.33. The van der Waals surface area contributed by atoms with E-state index in [1.807, 2.05) is 17.5 Å². The lowest BCUT2D eigenvalue weighted by Gasteiger charge is -2.18. The van der Waals surface area contributed by atoms with E-state index in [0.717, 1.165) is 21.6 Å². The van der Waals surface area contributed by atoms with Crippen molar-refractivity contribution >= 4 is 27.2 Å². The maximum atomic E-state index is 5.52. The number of hydrogen-bond donors (Lipinski definition) is 2. The lowest BCUT2D eigenvalue weighted by atomic mass is 9.91. The maximum absolute atomic E-state index is 5.52. The topological polar surface area (TPSA) is 50.9 Å². The second-order valence-corrected chi connectivity index (χ2v) is 5.50. The van der Waals surface area contributed by atoms with Gasteiger partial charge < -0.3 is 5.43 Å². The number of nitrogens with zero attached hydrogens (tertiary/aromatic N) is 1. The van der Waals surface area contributed by atoms with E-state index in [-0.39, 0.29) is 5.41 Å². The van der Waals surface area contributed by atoms with Crippen LogP contribution in [0.4, 0.5) is 5.69 Å². The molecule has 2 aromatic heterocycles. The maximum Gasteiger partial charge on any atom is 0.0834 e. The Morgan fingerprint density at radius 2 is 2.13 bits per heavy atom. The van der Waals surface area contributed by atoms with Gasteiger partial charge in [0.2, 0.25) is 0 Å². The number of hydrazine groups is 1. The van der Waals surface area contributed by atoms with E-state index >= 15 is 0 Å². The number of nitrogens with two attached hydrogens (primary N) is 1. The van der Waals surface area contributed by atoms with Crippen molar-refractivity contribution in [3.05, 3.63) is 23.2 Å². The van der Waals surface area contributed by atoms with Crippen LogP contribution in [0.3, 0.4) is 0 Å². The first-order chi connectivity index (χ1) is 7.02. The van der Waals surface area contributed by atoms with Gasteiger partial charge in [0.25, 0.3) is 0 Å². The van der Waals surface area contributed by atoms with Crippen LogP contribution < -0.4 is 11.3 Å². The molecule has 0 spiro atoms. The highest BCUT2D eigenvalue weighted by Crippen LogP contribution is 2.31. The zero-order chi connectivity index (χ0) is 11.1. The summed E-state index contributed by atoms with van der Waals surface area (Å²) in [6.07, 6.45) is 0. The van der Waals surface area contributed by atoms with Crippen molar-refractivity contribution < 1.29 is 0 Å². The molecule has 0 amide bonds. The second kappa shape index (κ2) is 3.47. The highest BCUT2D eigenvalue weighted by molar-refractivity contribution is 7.17. The van der Waals surface area contributed by atoms with Crippen molar-refractivity contribution in [2.75, 3.05) is 5.43 Å². The largest absolute Gasteiger partial charge is 0.323 e. The van der Waals surface area contributed by atoms with Crippen molar-refractivity contribution in [3.8, 4) is 0 Å².